The Morgan fingerprint density at radius 1 is 0.363 bits per heavy atom. The molecule has 10 aromatic rings. The minimum absolute atomic E-state index is 0.0234. The number of ether oxygens (including phenoxy) is 5. The lowest BCUT2D eigenvalue weighted by Gasteiger charge is -2.39. The van der Waals surface area contributed by atoms with Gasteiger partial charge in [0, 0.05) is 162 Å². The molecule has 5 saturated heterocycles. The molecule has 0 radical (unpaired) electrons. The average molecular weight is 1870 g/mol. The van der Waals surface area contributed by atoms with Crippen LogP contribution in [0.2, 0.25) is 0 Å². The number of carboxylic acid groups (broad SMARTS) is 5. The molecule has 10 aliphatic rings. The first-order valence-corrected chi connectivity index (χ1v) is 43.5. The van der Waals surface area contributed by atoms with Crippen molar-refractivity contribution in [2.45, 2.75) is 64.8 Å². The van der Waals surface area contributed by atoms with Gasteiger partial charge in [-0.25, -0.2) is 45.9 Å². The van der Waals surface area contributed by atoms with Gasteiger partial charge in [0.15, 0.2) is 63.8 Å². The number of rotatable bonds is 10. The monoisotopic (exact) mass is 1870 g/mol. The minimum atomic E-state index is -1.39. The van der Waals surface area contributed by atoms with Crippen LogP contribution >= 0.6 is 0 Å². The lowest BCUT2D eigenvalue weighted by atomic mass is 10.1. The zero-order chi connectivity index (χ0) is 96.0. The number of hydrogen-bond donors (Lipinski definition) is 10. The van der Waals surface area contributed by atoms with Gasteiger partial charge in [0.1, 0.15) is 94.4 Å². The molecule has 0 aliphatic carbocycles. The van der Waals surface area contributed by atoms with E-state index in [1.807, 2.05) is 44.4 Å². The number of halogens is 5. The highest BCUT2D eigenvalue weighted by Gasteiger charge is 2.40. The van der Waals surface area contributed by atoms with Crippen molar-refractivity contribution >= 4 is 131 Å². The van der Waals surface area contributed by atoms with Crippen molar-refractivity contribution in [1.82, 2.24) is 48.2 Å². The summed E-state index contributed by atoms with van der Waals surface area (Å²) in [6.07, 6.45) is 6.52. The first kappa shape index (κ1) is 91.5. The Bertz CT molecular complexity index is 6970. The van der Waals surface area contributed by atoms with Gasteiger partial charge in [-0.15, -0.1) is 4.95 Å². The predicted molar refractivity (Wildman–Crippen MR) is 486 cm³/mol. The molecule has 12 N–H and O–H groups in total. The fraction of sp³-hybridized carbons (Fsp3) is 0.393. The maximum atomic E-state index is 15.7. The van der Waals surface area contributed by atoms with Crippen LogP contribution in [0.5, 0.6) is 28.7 Å². The van der Waals surface area contributed by atoms with E-state index in [-0.39, 0.29) is 167 Å². The first-order valence-electron chi connectivity index (χ1n) is 43.5. The van der Waals surface area contributed by atoms with Crippen molar-refractivity contribution in [2.24, 2.45) is 21.6 Å². The normalized spacial score (nSPS) is 19.5. The Morgan fingerprint density at radius 2 is 0.570 bits per heavy atom. The van der Waals surface area contributed by atoms with Crippen molar-refractivity contribution in [3.05, 3.63) is 181 Å². The second-order valence-corrected chi connectivity index (χ2v) is 34.1. The largest absolute Gasteiger partial charge is 0.487 e. The second kappa shape index (κ2) is 36.3. The number of aromatic carboxylic acids is 5. The highest BCUT2D eigenvalue weighted by Crippen LogP contribution is 2.49. The Morgan fingerprint density at radius 3 is 0.785 bits per heavy atom. The molecular weight excluding hydrogens is 1780 g/mol. The van der Waals surface area contributed by atoms with Gasteiger partial charge < -0.3 is 133 Å². The summed E-state index contributed by atoms with van der Waals surface area (Å²) in [6.45, 7) is 26.6. The topological polar surface area (TPSA) is 498 Å². The van der Waals surface area contributed by atoms with Gasteiger partial charge in [0.05, 0.1) is 84.7 Å². The van der Waals surface area contributed by atoms with Gasteiger partial charge in [-0.05, 0) is 65.0 Å². The third-order valence-electron chi connectivity index (χ3n) is 25.8. The van der Waals surface area contributed by atoms with Gasteiger partial charge in [-0.1, -0.05) is 0 Å². The van der Waals surface area contributed by atoms with Gasteiger partial charge in [0.2, 0.25) is 33.1 Å². The zero-order valence-corrected chi connectivity index (χ0v) is 73.4. The maximum absolute atomic E-state index is 15.7. The molecule has 135 heavy (non-hydrogen) atoms. The molecule has 10 aliphatic heterocycles. The molecule has 0 bridgehead atoms. The number of carboxylic acids is 5. The number of piperazine rings is 5. The number of aromatic nitrogens is 5. The predicted octanol–water partition coefficient (Wildman–Crippen LogP) is 5.56. The van der Waals surface area contributed by atoms with Gasteiger partial charge >= 0.3 is 29.8 Å². The van der Waals surface area contributed by atoms with Gasteiger partial charge in [-0.2, -0.15) is 11.6 Å². The number of pyridine rings is 5. The molecule has 708 valence electrons. The number of nitrogens with two attached hydrogens (primary N) is 2. The third-order valence-corrected chi connectivity index (χ3v) is 25.8. The lowest BCUT2D eigenvalue weighted by molar-refractivity contribution is 0.0683. The van der Waals surface area contributed by atoms with Crippen LogP contribution in [0.25, 0.3) is 59.5 Å². The minimum Gasteiger partial charge on any atom is -0.487 e. The molecule has 15 heterocycles. The van der Waals surface area contributed by atoms with E-state index in [9.17, 15) is 82.3 Å². The molecule has 5 aromatic heterocycles. The van der Waals surface area contributed by atoms with E-state index >= 15 is 13.2 Å². The van der Waals surface area contributed by atoms with E-state index in [2.05, 4.69) is 25.7 Å². The highest BCUT2D eigenvalue weighted by molar-refractivity contribution is 6.03. The maximum Gasteiger partial charge on any atom is 0.341 e. The SMILES string of the molecule is CC1COc2c(N3CCN(C(=N)N=C(N)N4CCN(c5c(F)cc6c(=O)c(C(=O)O)cn7c6c5OCC7C)CC4)CC3)c(F)cc3c(=O)c(C(=O)O)cn1c23.CC1COc2c(N3CCNCC3)c(F)cc3c(=O)c(C(=O)O)cn1c23.CC1COc2c(N3CCNCC3)c(F)cc3c(=O)c(C(=O)O)cn1c23.[C-]#[N+]N=C(N)N1CCN(c2c(F)cc3c(=O)c(C(=O)O)cn4c3c2OCC4C)CC1. The molecule has 41 nitrogen and oxygen atoms in total. The summed E-state index contributed by atoms with van der Waals surface area (Å²) in [5.74, 6) is -8.66. The molecule has 5 atom stereocenters. The number of guanidine groups is 3. The second-order valence-electron chi connectivity index (χ2n) is 34.1. The molecule has 46 heteroatoms. The lowest BCUT2D eigenvalue weighted by Crippen LogP contribution is -2.53. The van der Waals surface area contributed by atoms with E-state index in [0.717, 1.165) is 56.5 Å². The highest BCUT2D eigenvalue weighted by atomic mass is 19.1. The number of carbonyl (C=O) groups is 5. The standard InChI is InChI=1S/C36H37F2N9O8.C19H19FN6O4.2C17H18FN3O4/c1-17-15-54-31-25-19(29(48)21(33(50)51)13-46(17)25)11-23(37)27(31)42-3-7-44(8-4-42)35(39)41-36(40)45-9-5-43(6-10-45)28-24(38)12-20-26-32(28)55-16-18(2)47(26)14-22(30(20)49)34(52)53;1-10-9-30-17-14-11(16(27)12(18(28)29)8-26(10)14)7-13(20)15(17)24-3-5-25(6-4-24)19(21)23-22-2;2*1-9-8-25-16-13-10(15(22)11(17(23)24)7-21(9)13)6-12(18)14(16)20-4-2-19-3-5-20/h11-14,17-18H,3-10,15-16H2,1-2H3,(H,50,51)(H,52,53)(H3,39,40,41);7-8,10H,3-6,9H2,1H3,(H2,21,23)(H,28,29);2*6-7,9,19H,2-5,8H2,1H3,(H,23,24). The van der Waals surface area contributed by atoms with Crippen molar-refractivity contribution in [2.75, 3.05) is 188 Å². The van der Waals surface area contributed by atoms with Gasteiger partial charge in [0.25, 0.3) is 5.96 Å². The quantitative estimate of drug-likeness (QED) is 0.0263. The number of nitrogens with zero attached hydrogens (tertiary/aromatic N) is 16. The number of hydrogen-bond acceptors (Lipinski definition) is 24. The Labute approximate surface area is 760 Å². The fourth-order valence-corrected chi connectivity index (χ4v) is 18.9. The molecule has 5 aromatic carbocycles. The van der Waals surface area contributed by atoms with E-state index < -0.39 is 103 Å². The van der Waals surface area contributed by atoms with Crippen molar-refractivity contribution in [3.63, 3.8) is 0 Å². The summed E-state index contributed by atoms with van der Waals surface area (Å²) in [6, 6.07) is 4.37. The molecule has 5 fully saturated rings. The number of nitrogens with one attached hydrogen (secondary N) is 3. The molecule has 20 rings (SSSR count). The van der Waals surface area contributed by atoms with Crippen LogP contribution in [-0.2, 0) is 0 Å². The Kier molecular flexibility index (Phi) is 24.6. The summed E-state index contributed by atoms with van der Waals surface area (Å²) in [4.78, 5) is 143. The summed E-state index contributed by atoms with van der Waals surface area (Å²) < 4.78 is 114. The number of anilines is 5. The number of aliphatic imine (C=N–C) groups is 1. The van der Waals surface area contributed by atoms with Crippen LogP contribution in [0.4, 0.5) is 50.4 Å². The van der Waals surface area contributed by atoms with Crippen LogP contribution in [0.15, 0.2) is 95.4 Å². The first-order chi connectivity index (χ1) is 64.5. The molecular formula is C89H92F5N21O20. The van der Waals surface area contributed by atoms with Crippen LogP contribution in [0, 0.1) is 41.1 Å². The van der Waals surface area contributed by atoms with Crippen LogP contribution in [0.1, 0.15) is 117 Å². The molecule has 0 amide bonds. The summed E-state index contributed by atoms with van der Waals surface area (Å²) in [7, 11) is 0. The fourth-order valence-electron chi connectivity index (χ4n) is 18.9. The third kappa shape index (κ3) is 16.3. The molecule has 5 unspecified atom stereocenters. The molecule has 0 saturated carbocycles. The molecule has 0 spiro atoms. The van der Waals surface area contributed by atoms with Crippen molar-refractivity contribution in [3.8, 4) is 28.7 Å². The Hall–Kier alpha value is -15.4. The van der Waals surface area contributed by atoms with Crippen molar-refractivity contribution < 1.29 is 95.1 Å². The van der Waals surface area contributed by atoms with E-state index in [1.165, 1.54) is 31.0 Å². The summed E-state index contributed by atoms with van der Waals surface area (Å²) >= 11 is 0. The van der Waals surface area contributed by atoms with E-state index in [0.29, 0.717) is 142 Å². The van der Waals surface area contributed by atoms with Crippen LogP contribution in [0.3, 0.4) is 0 Å². The van der Waals surface area contributed by atoms with Gasteiger partial charge in [-0.3, -0.25) is 29.4 Å². The van der Waals surface area contributed by atoms with Crippen LogP contribution in [-0.4, -0.2) is 275 Å². The zero-order valence-electron chi connectivity index (χ0n) is 73.4. The van der Waals surface area contributed by atoms with E-state index in [1.54, 1.807) is 52.2 Å². The number of benzene rings is 5. The smallest absolute Gasteiger partial charge is 0.341 e. The van der Waals surface area contributed by atoms with E-state index in [4.69, 9.17) is 47.1 Å². The van der Waals surface area contributed by atoms with Crippen LogP contribution < -0.4 is 97.4 Å². The summed E-state index contributed by atoms with van der Waals surface area (Å²) in [5.41, 5.74) is 9.63. The van der Waals surface area contributed by atoms with Crippen molar-refractivity contribution in [1.29, 1.82) is 5.41 Å². The Balaban J connectivity index is 0.000000134. The summed E-state index contributed by atoms with van der Waals surface area (Å²) in [5, 5.41) is 65.6. The average Bonchev–Trinajstić information content (AvgIpc) is 0.749.